The van der Waals surface area contributed by atoms with Crippen LogP contribution in [-0.4, -0.2) is 18.6 Å². The van der Waals surface area contributed by atoms with Gasteiger partial charge in [0.15, 0.2) is 0 Å². The standard InChI is InChI=1S/C15H12BrN3O3S2/c1-9-8-10(2-3-11(9)16)19-24(21,22)15-7-5-13(23-15)12-4-6-14(20)18-17-12/h2-8,19H,1H3,(H,18,20). The lowest BCUT2D eigenvalue weighted by Crippen LogP contribution is -2.11. The normalized spacial score (nSPS) is 11.4. The van der Waals surface area contributed by atoms with E-state index in [2.05, 4.69) is 30.8 Å². The minimum absolute atomic E-state index is 0.172. The van der Waals surface area contributed by atoms with Crippen molar-refractivity contribution in [3.63, 3.8) is 0 Å². The van der Waals surface area contributed by atoms with Gasteiger partial charge in [-0.25, -0.2) is 13.5 Å². The van der Waals surface area contributed by atoms with Crippen LogP contribution in [-0.2, 0) is 10.0 Å². The monoisotopic (exact) mass is 425 g/mol. The predicted molar refractivity (Wildman–Crippen MR) is 97.9 cm³/mol. The maximum atomic E-state index is 12.5. The summed E-state index contributed by atoms with van der Waals surface area (Å²) in [6, 6.07) is 11.3. The Morgan fingerprint density at radius 2 is 1.96 bits per heavy atom. The Morgan fingerprint density at radius 3 is 2.62 bits per heavy atom. The number of nitrogens with one attached hydrogen (secondary N) is 2. The summed E-state index contributed by atoms with van der Waals surface area (Å²) in [5.41, 5.74) is 1.63. The summed E-state index contributed by atoms with van der Waals surface area (Å²) < 4.78 is 28.7. The number of rotatable bonds is 4. The fourth-order valence-electron chi connectivity index (χ4n) is 2.00. The second kappa shape index (κ2) is 6.50. The predicted octanol–water partition coefficient (Wildman–Crippen LogP) is 3.37. The van der Waals surface area contributed by atoms with E-state index in [0.717, 1.165) is 21.4 Å². The molecule has 3 rings (SSSR count). The zero-order chi connectivity index (χ0) is 17.3. The molecule has 24 heavy (non-hydrogen) atoms. The van der Waals surface area contributed by atoms with E-state index in [1.165, 1.54) is 12.1 Å². The molecule has 0 saturated carbocycles. The minimum atomic E-state index is -3.68. The van der Waals surface area contributed by atoms with E-state index in [4.69, 9.17) is 0 Å². The molecule has 0 aliphatic carbocycles. The van der Waals surface area contributed by atoms with Gasteiger partial charge in [0.2, 0.25) is 0 Å². The van der Waals surface area contributed by atoms with Crippen molar-refractivity contribution in [2.75, 3.05) is 4.72 Å². The van der Waals surface area contributed by atoms with E-state index < -0.39 is 10.0 Å². The molecule has 2 aromatic heterocycles. The van der Waals surface area contributed by atoms with Crippen LogP contribution in [0.3, 0.4) is 0 Å². The van der Waals surface area contributed by atoms with Gasteiger partial charge in [-0.1, -0.05) is 15.9 Å². The van der Waals surface area contributed by atoms with Gasteiger partial charge in [0.1, 0.15) is 9.90 Å². The van der Waals surface area contributed by atoms with Gasteiger partial charge >= 0.3 is 0 Å². The van der Waals surface area contributed by atoms with Crippen molar-refractivity contribution in [3.05, 3.63) is 62.9 Å². The maximum absolute atomic E-state index is 12.5. The number of nitrogens with zero attached hydrogens (tertiary/aromatic N) is 1. The van der Waals surface area contributed by atoms with Crippen molar-refractivity contribution in [1.82, 2.24) is 10.2 Å². The highest BCUT2D eigenvalue weighted by Crippen LogP contribution is 2.30. The molecular weight excluding hydrogens is 414 g/mol. The first-order chi connectivity index (χ1) is 11.3. The number of aromatic amines is 1. The highest BCUT2D eigenvalue weighted by molar-refractivity contribution is 9.10. The summed E-state index contributed by atoms with van der Waals surface area (Å²) in [6.07, 6.45) is 0. The number of hydrogen-bond acceptors (Lipinski definition) is 5. The molecule has 0 fully saturated rings. The van der Waals surface area contributed by atoms with E-state index >= 15 is 0 Å². The third kappa shape index (κ3) is 3.58. The third-order valence-corrected chi connectivity index (χ3v) is 7.06. The van der Waals surface area contributed by atoms with Crippen LogP contribution < -0.4 is 10.3 Å². The van der Waals surface area contributed by atoms with Crippen molar-refractivity contribution < 1.29 is 8.42 Å². The fraction of sp³-hybridized carbons (Fsp3) is 0.0667. The van der Waals surface area contributed by atoms with Gasteiger partial charge in [0.05, 0.1) is 4.88 Å². The lowest BCUT2D eigenvalue weighted by atomic mass is 10.2. The number of benzene rings is 1. The highest BCUT2D eigenvalue weighted by Gasteiger charge is 2.18. The topological polar surface area (TPSA) is 91.9 Å². The quantitative estimate of drug-likeness (QED) is 0.669. The molecular formula is C15H12BrN3O3S2. The summed E-state index contributed by atoms with van der Waals surface area (Å²) in [6.45, 7) is 1.88. The van der Waals surface area contributed by atoms with Crippen LogP contribution in [0.4, 0.5) is 5.69 Å². The Labute approximate surface area is 150 Å². The zero-order valence-electron chi connectivity index (χ0n) is 12.4. The Bertz CT molecular complexity index is 1040. The van der Waals surface area contributed by atoms with E-state index in [0.29, 0.717) is 16.3 Å². The van der Waals surface area contributed by atoms with Gasteiger partial charge in [0.25, 0.3) is 15.6 Å². The second-order valence-corrected chi connectivity index (χ2v) is 8.84. The number of halogens is 1. The van der Waals surface area contributed by atoms with Crippen LogP contribution in [0, 0.1) is 6.92 Å². The van der Waals surface area contributed by atoms with Crippen molar-refractivity contribution in [3.8, 4) is 10.6 Å². The van der Waals surface area contributed by atoms with Crippen LogP contribution in [0.5, 0.6) is 0 Å². The molecule has 6 nitrogen and oxygen atoms in total. The lowest BCUT2D eigenvalue weighted by Gasteiger charge is -2.07. The summed E-state index contributed by atoms with van der Waals surface area (Å²) in [7, 11) is -3.68. The minimum Gasteiger partial charge on any atom is -0.279 e. The molecule has 0 saturated heterocycles. The van der Waals surface area contributed by atoms with Crippen molar-refractivity contribution in [2.45, 2.75) is 11.1 Å². The molecule has 9 heteroatoms. The molecule has 0 aliphatic heterocycles. The van der Waals surface area contributed by atoms with Gasteiger partial charge in [-0.15, -0.1) is 11.3 Å². The summed E-state index contributed by atoms with van der Waals surface area (Å²) in [5, 5.41) is 6.23. The first kappa shape index (κ1) is 16.9. The second-order valence-electron chi connectivity index (χ2n) is 4.99. The number of aromatic nitrogens is 2. The van der Waals surface area contributed by atoms with Gasteiger partial charge in [-0.2, -0.15) is 5.10 Å². The van der Waals surface area contributed by atoms with Crippen LogP contribution in [0.1, 0.15) is 5.56 Å². The molecule has 0 amide bonds. The molecule has 124 valence electrons. The van der Waals surface area contributed by atoms with Crippen LogP contribution in [0.2, 0.25) is 0 Å². The lowest BCUT2D eigenvalue weighted by molar-refractivity contribution is 0.603. The number of H-pyrrole nitrogens is 1. The maximum Gasteiger partial charge on any atom is 0.271 e. The van der Waals surface area contributed by atoms with E-state index in [1.54, 1.807) is 30.3 Å². The van der Waals surface area contributed by atoms with Crippen LogP contribution >= 0.6 is 27.3 Å². The number of sulfonamides is 1. The highest BCUT2D eigenvalue weighted by atomic mass is 79.9. The molecule has 0 bridgehead atoms. The molecule has 0 atom stereocenters. The number of hydrogen-bond donors (Lipinski definition) is 2. The SMILES string of the molecule is Cc1cc(NS(=O)(=O)c2ccc(-c3ccc(=O)[nH]n3)s2)ccc1Br. The fourth-order valence-corrected chi connectivity index (χ4v) is 4.57. The first-order valence-corrected chi connectivity index (χ1v) is 9.89. The average molecular weight is 426 g/mol. The molecule has 0 aliphatic rings. The van der Waals surface area contributed by atoms with Gasteiger partial charge in [0, 0.05) is 16.2 Å². The molecule has 1 aromatic carbocycles. The molecule has 2 N–H and O–H groups in total. The number of anilines is 1. The Morgan fingerprint density at radius 1 is 1.17 bits per heavy atom. The van der Waals surface area contributed by atoms with E-state index in [1.807, 2.05) is 6.92 Å². The molecule has 0 radical (unpaired) electrons. The van der Waals surface area contributed by atoms with Crippen molar-refractivity contribution >= 4 is 43.0 Å². The molecule has 2 heterocycles. The Kier molecular flexibility index (Phi) is 4.57. The zero-order valence-corrected chi connectivity index (χ0v) is 15.6. The Hall–Kier alpha value is -1.97. The third-order valence-electron chi connectivity index (χ3n) is 3.19. The van der Waals surface area contributed by atoms with E-state index in [9.17, 15) is 13.2 Å². The van der Waals surface area contributed by atoms with Crippen LogP contribution in [0.15, 0.2) is 55.9 Å². The Balaban J connectivity index is 1.89. The van der Waals surface area contributed by atoms with Crippen LogP contribution in [0.25, 0.3) is 10.6 Å². The molecule has 3 aromatic rings. The summed E-state index contributed by atoms with van der Waals surface area (Å²) in [5.74, 6) is 0. The average Bonchev–Trinajstić information content (AvgIpc) is 3.02. The summed E-state index contributed by atoms with van der Waals surface area (Å²) >= 11 is 4.46. The molecule has 0 spiro atoms. The smallest absolute Gasteiger partial charge is 0.271 e. The van der Waals surface area contributed by atoms with Crippen molar-refractivity contribution in [1.29, 1.82) is 0 Å². The van der Waals surface area contributed by atoms with Gasteiger partial charge in [-0.05, 0) is 48.9 Å². The van der Waals surface area contributed by atoms with Gasteiger partial charge in [-0.3, -0.25) is 9.52 Å². The number of thiophene rings is 1. The summed E-state index contributed by atoms with van der Waals surface area (Å²) in [4.78, 5) is 11.7. The van der Waals surface area contributed by atoms with Crippen molar-refractivity contribution in [2.24, 2.45) is 0 Å². The number of aryl methyl sites for hydroxylation is 1. The van der Waals surface area contributed by atoms with Gasteiger partial charge < -0.3 is 0 Å². The van der Waals surface area contributed by atoms with E-state index in [-0.39, 0.29) is 9.77 Å². The molecule has 0 unspecified atom stereocenters. The largest absolute Gasteiger partial charge is 0.279 e. The first-order valence-electron chi connectivity index (χ1n) is 6.80.